The van der Waals surface area contributed by atoms with E-state index in [0.29, 0.717) is 18.0 Å². The highest BCUT2D eigenvalue weighted by molar-refractivity contribution is 6.02. The molecule has 1 aliphatic rings. The van der Waals surface area contributed by atoms with E-state index in [1.807, 2.05) is 30.3 Å². The Hall–Kier alpha value is -3.19. The largest absolute Gasteiger partial charge is 0.497 e. The molecule has 0 saturated heterocycles. The number of carbonyl (C=O) groups is 2. The highest BCUT2D eigenvalue weighted by Gasteiger charge is 2.22. The summed E-state index contributed by atoms with van der Waals surface area (Å²) < 4.78 is 5.14. The van der Waals surface area contributed by atoms with E-state index in [9.17, 15) is 9.59 Å². The molecule has 0 aromatic heterocycles. The van der Waals surface area contributed by atoms with Crippen molar-refractivity contribution in [2.24, 2.45) is 5.10 Å². The van der Waals surface area contributed by atoms with Gasteiger partial charge in [-0.05, 0) is 24.7 Å². The van der Waals surface area contributed by atoms with Crippen LogP contribution in [-0.4, -0.2) is 61.2 Å². The smallest absolute Gasteiger partial charge is 0.256 e. The van der Waals surface area contributed by atoms with E-state index in [1.165, 1.54) is 5.01 Å². The van der Waals surface area contributed by atoms with Crippen LogP contribution in [0.4, 0.5) is 5.69 Å². The Morgan fingerprint density at radius 1 is 1.14 bits per heavy atom. The molecule has 0 spiro atoms. The van der Waals surface area contributed by atoms with Gasteiger partial charge in [-0.3, -0.25) is 14.5 Å². The zero-order chi connectivity index (χ0) is 19.9. The number of rotatable bonds is 7. The fraction of sp³-hybridized carbons (Fsp3) is 0.286. The van der Waals surface area contributed by atoms with Crippen molar-refractivity contribution in [2.75, 3.05) is 39.1 Å². The van der Waals surface area contributed by atoms with Crippen molar-refractivity contribution in [3.05, 3.63) is 60.2 Å². The molecule has 7 nitrogen and oxygen atoms in total. The van der Waals surface area contributed by atoms with Crippen LogP contribution in [0.1, 0.15) is 12.0 Å². The van der Waals surface area contributed by atoms with Gasteiger partial charge in [0.1, 0.15) is 5.75 Å². The van der Waals surface area contributed by atoms with Crippen molar-refractivity contribution >= 4 is 23.2 Å². The molecule has 2 aromatic carbocycles. The summed E-state index contributed by atoms with van der Waals surface area (Å²) in [6, 6.07) is 17.0. The highest BCUT2D eigenvalue weighted by Crippen LogP contribution is 2.17. The zero-order valence-corrected chi connectivity index (χ0v) is 16.1. The number of hydrogen-bond acceptors (Lipinski definition) is 5. The van der Waals surface area contributed by atoms with Crippen LogP contribution >= 0.6 is 0 Å². The minimum Gasteiger partial charge on any atom is -0.497 e. The van der Waals surface area contributed by atoms with Crippen molar-refractivity contribution in [3.63, 3.8) is 0 Å². The van der Waals surface area contributed by atoms with Crippen LogP contribution < -0.4 is 10.1 Å². The van der Waals surface area contributed by atoms with Gasteiger partial charge >= 0.3 is 0 Å². The number of nitrogens with one attached hydrogen (secondary N) is 1. The molecule has 0 saturated carbocycles. The monoisotopic (exact) mass is 380 g/mol. The van der Waals surface area contributed by atoms with Gasteiger partial charge in [0.05, 0.1) is 32.5 Å². The summed E-state index contributed by atoms with van der Waals surface area (Å²) in [7, 11) is 3.31. The van der Waals surface area contributed by atoms with Crippen LogP contribution in [0.25, 0.3) is 0 Å². The number of carbonyl (C=O) groups excluding carboxylic acids is 2. The number of amides is 2. The summed E-state index contributed by atoms with van der Waals surface area (Å²) in [4.78, 5) is 26.4. The van der Waals surface area contributed by atoms with Crippen LogP contribution in [0, 0.1) is 0 Å². The lowest BCUT2D eigenvalue weighted by Gasteiger charge is -2.18. The maximum atomic E-state index is 12.5. The number of nitrogens with zero attached hydrogens (tertiary/aromatic N) is 3. The molecule has 0 aliphatic carbocycles. The molecule has 0 atom stereocenters. The van der Waals surface area contributed by atoms with E-state index >= 15 is 0 Å². The van der Waals surface area contributed by atoms with Gasteiger partial charge in [0.15, 0.2) is 0 Å². The average Bonchev–Trinajstić information content (AvgIpc) is 3.19. The van der Waals surface area contributed by atoms with E-state index in [1.54, 1.807) is 43.3 Å². The van der Waals surface area contributed by atoms with Gasteiger partial charge in [-0.1, -0.05) is 36.4 Å². The van der Waals surface area contributed by atoms with Crippen LogP contribution in [0.15, 0.2) is 59.7 Å². The third-order valence-corrected chi connectivity index (χ3v) is 4.37. The maximum Gasteiger partial charge on any atom is 0.256 e. The van der Waals surface area contributed by atoms with Gasteiger partial charge in [-0.25, -0.2) is 5.01 Å². The highest BCUT2D eigenvalue weighted by atomic mass is 16.5. The van der Waals surface area contributed by atoms with Gasteiger partial charge in [-0.2, -0.15) is 5.10 Å². The van der Waals surface area contributed by atoms with Crippen molar-refractivity contribution in [3.8, 4) is 5.75 Å². The minimum absolute atomic E-state index is 0.103. The third kappa shape index (κ3) is 5.17. The van der Waals surface area contributed by atoms with E-state index < -0.39 is 0 Å². The lowest BCUT2D eigenvalue weighted by Crippen LogP contribution is -2.38. The normalized spacial score (nSPS) is 13.4. The van der Waals surface area contributed by atoms with Crippen LogP contribution in [0.3, 0.4) is 0 Å². The summed E-state index contributed by atoms with van der Waals surface area (Å²) in [5, 5.41) is 8.73. The topological polar surface area (TPSA) is 74.2 Å². The number of hydrogen-bond donors (Lipinski definition) is 1. The molecule has 1 heterocycles. The third-order valence-electron chi connectivity index (χ3n) is 4.37. The second-order valence-electron chi connectivity index (χ2n) is 6.63. The van der Waals surface area contributed by atoms with E-state index in [0.717, 1.165) is 17.7 Å². The Balaban J connectivity index is 1.50. The Kier molecular flexibility index (Phi) is 6.39. The summed E-state index contributed by atoms with van der Waals surface area (Å²) in [5.41, 5.74) is 2.59. The molecule has 2 aromatic rings. The first-order valence-corrected chi connectivity index (χ1v) is 9.11. The number of likely N-dealkylation sites (N-methyl/N-ethyl adjacent to an activating group) is 1. The lowest BCUT2D eigenvalue weighted by molar-refractivity contribution is -0.132. The fourth-order valence-electron chi connectivity index (χ4n) is 2.99. The quantitative estimate of drug-likeness (QED) is 0.799. The van der Waals surface area contributed by atoms with Crippen LogP contribution in [-0.2, 0) is 9.59 Å². The molecular formula is C21H24N4O3. The van der Waals surface area contributed by atoms with Crippen molar-refractivity contribution in [1.82, 2.24) is 9.91 Å². The molecule has 1 N–H and O–H groups in total. The predicted octanol–water partition coefficient (Wildman–Crippen LogP) is 2.20. The van der Waals surface area contributed by atoms with E-state index in [-0.39, 0.29) is 24.9 Å². The average molecular weight is 380 g/mol. The van der Waals surface area contributed by atoms with Gasteiger partial charge in [-0.15, -0.1) is 0 Å². The first kappa shape index (κ1) is 19.6. The number of ether oxygens (including phenoxy) is 1. The SMILES string of the molecule is COc1cccc(NC(=O)CN(C)CC(=O)N2CCC(c3ccccc3)=N2)c1. The fourth-order valence-corrected chi connectivity index (χ4v) is 2.99. The Labute approximate surface area is 164 Å². The molecular weight excluding hydrogens is 356 g/mol. The molecule has 0 bridgehead atoms. The molecule has 28 heavy (non-hydrogen) atoms. The summed E-state index contributed by atoms with van der Waals surface area (Å²) in [5.74, 6) is 0.350. The Morgan fingerprint density at radius 3 is 2.68 bits per heavy atom. The molecule has 3 rings (SSSR count). The van der Waals surface area contributed by atoms with Gasteiger partial charge in [0.2, 0.25) is 5.91 Å². The van der Waals surface area contributed by atoms with Gasteiger partial charge in [0, 0.05) is 18.2 Å². The molecule has 0 radical (unpaired) electrons. The molecule has 7 heteroatoms. The number of hydrazone groups is 1. The Morgan fingerprint density at radius 2 is 1.93 bits per heavy atom. The summed E-state index contributed by atoms with van der Waals surface area (Å²) in [6.07, 6.45) is 0.732. The minimum atomic E-state index is -0.196. The summed E-state index contributed by atoms with van der Waals surface area (Å²) in [6.45, 7) is 0.788. The van der Waals surface area contributed by atoms with Crippen molar-refractivity contribution < 1.29 is 14.3 Å². The molecule has 1 aliphatic heterocycles. The van der Waals surface area contributed by atoms with Crippen molar-refractivity contribution in [2.45, 2.75) is 6.42 Å². The molecule has 0 unspecified atom stereocenters. The second-order valence-corrected chi connectivity index (χ2v) is 6.63. The van der Waals surface area contributed by atoms with E-state index in [4.69, 9.17) is 4.74 Å². The second kappa shape index (κ2) is 9.14. The zero-order valence-electron chi connectivity index (χ0n) is 16.1. The number of benzene rings is 2. The predicted molar refractivity (Wildman–Crippen MR) is 108 cm³/mol. The molecule has 2 amide bonds. The van der Waals surface area contributed by atoms with Crippen molar-refractivity contribution in [1.29, 1.82) is 0 Å². The molecule has 0 fully saturated rings. The van der Waals surface area contributed by atoms with Gasteiger partial charge < -0.3 is 10.1 Å². The van der Waals surface area contributed by atoms with Crippen LogP contribution in [0.2, 0.25) is 0 Å². The standard InChI is InChI=1S/C21H24N4O3/c1-24(14-20(26)22-17-9-6-10-18(13-17)28-2)15-21(27)25-12-11-19(23-25)16-7-4-3-5-8-16/h3-10,13H,11-12,14-15H2,1-2H3,(H,22,26). The van der Waals surface area contributed by atoms with E-state index in [2.05, 4.69) is 10.4 Å². The lowest BCUT2D eigenvalue weighted by atomic mass is 10.1. The number of methoxy groups -OCH3 is 1. The maximum absolute atomic E-state index is 12.5. The van der Waals surface area contributed by atoms with Gasteiger partial charge in [0.25, 0.3) is 5.91 Å². The molecule has 146 valence electrons. The Bertz CT molecular complexity index is 867. The van der Waals surface area contributed by atoms with Crippen LogP contribution in [0.5, 0.6) is 5.75 Å². The number of anilines is 1. The first-order chi connectivity index (χ1) is 13.5. The summed E-state index contributed by atoms with van der Waals surface area (Å²) >= 11 is 0. The first-order valence-electron chi connectivity index (χ1n) is 9.11.